The molecule has 0 fully saturated rings. The third-order valence-electron chi connectivity index (χ3n) is 4.56. The Balaban J connectivity index is 2.09. The summed E-state index contributed by atoms with van der Waals surface area (Å²) < 4.78 is 5.99. The van der Waals surface area contributed by atoms with Gasteiger partial charge in [0.2, 0.25) is 0 Å². The fraction of sp³-hybridized carbons (Fsp3) is 0.381. The number of amides is 1. The molecule has 0 aliphatic heterocycles. The van der Waals surface area contributed by atoms with Gasteiger partial charge in [0, 0.05) is 17.1 Å². The van der Waals surface area contributed by atoms with Crippen molar-refractivity contribution in [2.45, 2.75) is 26.3 Å². The van der Waals surface area contributed by atoms with Gasteiger partial charge in [-0.1, -0.05) is 44.2 Å². The van der Waals surface area contributed by atoms with Crippen molar-refractivity contribution < 1.29 is 9.53 Å². The van der Waals surface area contributed by atoms with Crippen LogP contribution in [0.4, 0.5) is 0 Å². The predicted octanol–water partition coefficient (Wildman–Crippen LogP) is 4.14. The minimum atomic E-state index is -0.0963. The molecule has 2 rings (SSSR count). The van der Waals surface area contributed by atoms with E-state index in [0.29, 0.717) is 17.9 Å². The highest BCUT2D eigenvalue weighted by molar-refractivity contribution is 9.10. The number of nitrogens with one attached hydrogen (secondary N) is 1. The maximum absolute atomic E-state index is 12.7. The molecule has 1 unspecified atom stereocenters. The van der Waals surface area contributed by atoms with Crippen LogP contribution >= 0.6 is 15.9 Å². The van der Waals surface area contributed by atoms with Crippen molar-refractivity contribution in [1.82, 2.24) is 10.2 Å². The summed E-state index contributed by atoms with van der Waals surface area (Å²) in [5.41, 5.74) is 1.86. The zero-order valence-electron chi connectivity index (χ0n) is 15.7. The van der Waals surface area contributed by atoms with Crippen molar-refractivity contribution in [3.8, 4) is 5.75 Å². The van der Waals surface area contributed by atoms with Gasteiger partial charge in [-0.15, -0.1) is 0 Å². The molecular weight excluding hydrogens is 392 g/mol. The van der Waals surface area contributed by atoms with Gasteiger partial charge in [0.1, 0.15) is 5.75 Å². The van der Waals surface area contributed by atoms with E-state index in [0.717, 1.165) is 24.0 Å². The average Bonchev–Trinajstić information content (AvgIpc) is 2.67. The number of methoxy groups -OCH3 is 1. The van der Waals surface area contributed by atoms with Gasteiger partial charge in [-0.05, 0) is 59.2 Å². The minimum absolute atomic E-state index is 0.0963. The highest BCUT2D eigenvalue weighted by Gasteiger charge is 2.19. The average molecular weight is 419 g/mol. The summed E-state index contributed by atoms with van der Waals surface area (Å²) in [6.07, 6.45) is 0.905. The lowest BCUT2D eigenvalue weighted by molar-refractivity contribution is 0.0933. The lowest BCUT2D eigenvalue weighted by Crippen LogP contribution is -2.45. The van der Waals surface area contributed by atoms with Gasteiger partial charge in [-0.2, -0.15) is 0 Å². The molecule has 1 amide bonds. The van der Waals surface area contributed by atoms with Crippen LogP contribution in [0.15, 0.2) is 53.0 Å². The van der Waals surface area contributed by atoms with Crippen LogP contribution < -0.4 is 10.1 Å². The molecule has 4 nitrogen and oxygen atoms in total. The van der Waals surface area contributed by atoms with Crippen LogP contribution in [-0.4, -0.2) is 43.6 Å². The minimum Gasteiger partial charge on any atom is -0.497 e. The summed E-state index contributed by atoms with van der Waals surface area (Å²) in [6.45, 7) is 6.81. The first-order valence-corrected chi connectivity index (χ1v) is 9.78. The second-order valence-electron chi connectivity index (χ2n) is 6.12. The molecule has 26 heavy (non-hydrogen) atoms. The zero-order chi connectivity index (χ0) is 18.9. The van der Waals surface area contributed by atoms with Gasteiger partial charge >= 0.3 is 0 Å². The van der Waals surface area contributed by atoms with Gasteiger partial charge < -0.3 is 10.1 Å². The quantitative estimate of drug-likeness (QED) is 0.664. The Labute approximate surface area is 164 Å². The number of hydrogen-bond acceptors (Lipinski definition) is 3. The van der Waals surface area contributed by atoms with Crippen LogP contribution in [0, 0.1) is 0 Å². The Hall–Kier alpha value is -1.85. The van der Waals surface area contributed by atoms with Gasteiger partial charge in [-0.25, -0.2) is 0 Å². The molecular formula is C21H27BrN2O2. The monoisotopic (exact) mass is 418 g/mol. The number of ether oxygens (including phenoxy) is 1. The first-order chi connectivity index (χ1) is 12.6. The Morgan fingerprint density at radius 3 is 2.46 bits per heavy atom. The molecule has 0 aromatic heterocycles. The molecule has 0 bridgehead atoms. The third-order valence-corrected chi connectivity index (χ3v) is 5.25. The van der Waals surface area contributed by atoms with E-state index in [2.05, 4.69) is 64.3 Å². The number of halogens is 1. The van der Waals surface area contributed by atoms with Crippen LogP contribution in [0.1, 0.15) is 29.8 Å². The Morgan fingerprint density at radius 2 is 1.85 bits per heavy atom. The summed E-state index contributed by atoms with van der Waals surface area (Å²) in [5.74, 6) is 0.573. The van der Waals surface area contributed by atoms with E-state index in [-0.39, 0.29) is 11.9 Å². The number of carbonyl (C=O) groups excluding carboxylic acids is 1. The van der Waals surface area contributed by atoms with Gasteiger partial charge in [-0.3, -0.25) is 9.69 Å². The van der Waals surface area contributed by atoms with Crippen LogP contribution in [0.25, 0.3) is 0 Å². The number of likely N-dealkylation sites (N-methyl/N-ethyl adjacent to an activating group) is 1. The lowest BCUT2D eigenvalue weighted by Gasteiger charge is -2.30. The van der Waals surface area contributed by atoms with Crippen molar-refractivity contribution >= 4 is 21.8 Å². The van der Waals surface area contributed by atoms with E-state index in [1.807, 2.05) is 18.2 Å². The molecule has 0 heterocycles. The van der Waals surface area contributed by atoms with E-state index in [1.54, 1.807) is 13.2 Å². The maximum Gasteiger partial charge on any atom is 0.252 e. The van der Waals surface area contributed by atoms with E-state index >= 15 is 0 Å². The highest BCUT2D eigenvalue weighted by Crippen LogP contribution is 2.22. The zero-order valence-corrected chi connectivity index (χ0v) is 17.3. The number of nitrogens with zero attached hydrogens (tertiary/aromatic N) is 1. The van der Waals surface area contributed by atoms with Crippen molar-refractivity contribution in [1.29, 1.82) is 0 Å². The fourth-order valence-corrected chi connectivity index (χ4v) is 3.49. The maximum atomic E-state index is 12.7. The summed E-state index contributed by atoms with van der Waals surface area (Å²) in [7, 11) is 1.60. The molecule has 5 heteroatoms. The van der Waals surface area contributed by atoms with E-state index < -0.39 is 0 Å². The first-order valence-electron chi connectivity index (χ1n) is 8.98. The molecule has 2 aromatic carbocycles. The number of rotatable bonds is 9. The molecule has 1 atom stereocenters. The molecule has 0 spiro atoms. The fourth-order valence-electron chi connectivity index (χ4n) is 3.07. The summed E-state index contributed by atoms with van der Waals surface area (Å²) in [4.78, 5) is 15.1. The smallest absolute Gasteiger partial charge is 0.252 e. The molecule has 1 N–H and O–H groups in total. The Kier molecular flexibility index (Phi) is 8.13. The van der Waals surface area contributed by atoms with Crippen molar-refractivity contribution in [3.05, 3.63) is 64.1 Å². The lowest BCUT2D eigenvalue weighted by atomic mass is 10.0. The summed E-state index contributed by atoms with van der Waals surface area (Å²) >= 11 is 3.45. The van der Waals surface area contributed by atoms with Gasteiger partial charge in [0.25, 0.3) is 5.91 Å². The topological polar surface area (TPSA) is 41.6 Å². The normalized spacial score (nSPS) is 12.0. The van der Waals surface area contributed by atoms with E-state index in [4.69, 9.17) is 4.74 Å². The van der Waals surface area contributed by atoms with E-state index in [1.165, 1.54) is 5.56 Å². The number of carbonyl (C=O) groups is 1. The Bertz CT molecular complexity index is 702. The highest BCUT2D eigenvalue weighted by atomic mass is 79.9. The molecule has 2 aromatic rings. The molecule has 0 saturated carbocycles. The predicted molar refractivity (Wildman–Crippen MR) is 110 cm³/mol. The standard InChI is InChI=1S/C21H27BrN2O2/c1-4-24(5-2)17(13-16-9-7-6-8-10-16)15-23-21(25)19-14-18(26-3)11-12-20(19)22/h6-12,14,17H,4-5,13,15H2,1-3H3,(H,23,25). The summed E-state index contributed by atoms with van der Waals surface area (Å²) in [5, 5.41) is 3.09. The molecule has 140 valence electrons. The van der Waals surface area contributed by atoms with Crippen LogP contribution in [0.2, 0.25) is 0 Å². The van der Waals surface area contributed by atoms with Crippen LogP contribution in [0.5, 0.6) is 5.75 Å². The molecule has 0 aliphatic carbocycles. The SMILES string of the molecule is CCN(CC)C(CNC(=O)c1cc(OC)ccc1Br)Cc1ccccc1. The first kappa shape index (κ1) is 20.5. The number of benzene rings is 2. The number of hydrogen-bond donors (Lipinski definition) is 1. The largest absolute Gasteiger partial charge is 0.497 e. The van der Waals surface area contributed by atoms with Gasteiger partial charge in [0.05, 0.1) is 12.7 Å². The van der Waals surface area contributed by atoms with Crippen LogP contribution in [-0.2, 0) is 6.42 Å². The molecule has 0 aliphatic rings. The van der Waals surface area contributed by atoms with Crippen LogP contribution in [0.3, 0.4) is 0 Å². The Morgan fingerprint density at radius 1 is 1.15 bits per heavy atom. The second kappa shape index (κ2) is 10.3. The summed E-state index contributed by atoms with van der Waals surface area (Å²) in [6, 6.07) is 16.1. The van der Waals surface area contributed by atoms with Crippen molar-refractivity contribution in [2.24, 2.45) is 0 Å². The third kappa shape index (κ3) is 5.58. The molecule has 0 radical (unpaired) electrons. The van der Waals surface area contributed by atoms with Crippen molar-refractivity contribution in [3.63, 3.8) is 0 Å². The molecule has 0 saturated heterocycles. The van der Waals surface area contributed by atoms with Crippen molar-refractivity contribution in [2.75, 3.05) is 26.7 Å². The van der Waals surface area contributed by atoms with E-state index in [9.17, 15) is 4.79 Å². The van der Waals surface area contributed by atoms with Gasteiger partial charge in [0.15, 0.2) is 0 Å². The second-order valence-corrected chi connectivity index (χ2v) is 6.97.